The largest absolute Gasteiger partial charge is 0.293 e. The van der Waals surface area contributed by atoms with Crippen LogP contribution in [0.15, 0.2) is 115 Å². The normalized spacial score (nSPS) is 13.8. The maximum atomic E-state index is 5.41. The van der Waals surface area contributed by atoms with Crippen molar-refractivity contribution in [2.75, 3.05) is 0 Å². The molecule has 0 spiro atoms. The summed E-state index contributed by atoms with van der Waals surface area (Å²) in [5.41, 5.74) is 7.81. The summed E-state index contributed by atoms with van der Waals surface area (Å²) in [4.78, 5) is 10.7. The van der Waals surface area contributed by atoms with Crippen molar-refractivity contribution < 1.29 is 0 Å². The molecule has 194 valence electrons. The van der Waals surface area contributed by atoms with E-state index in [-0.39, 0.29) is 5.41 Å². The lowest BCUT2D eigenvalue weighted by atomic mass is 9.82. The molecule has 41 heavy (non-hydrogen) atoms. The molecule has 0 N–H and O–H groups in total. The first-order chi connectivity index (χ1) is 20.1. The Morgan fingerprint density at radius 3 is 2.22 bits per heavy atom. The number of hydrogen-bond acceptors (Lipinski definition) is 3. The zero-order valence-corrected chi connectivity index (χ0v) is 23.5. The van der Waals surface area contributed by atoms with Crippen LogP contribution in [-0.4, -0.2) is 14.5 Å². The highest BCUT2D eigenvalue weighted by atomic mass is 32.1. The summed E-state index contributed by atoms with van der Waals surface area (Å²) < 4.78 is 5.01. The zero-order chi connectivity index (χ0) is 27.3. The van der Waals surface area contributed by atoms with Crippen molar-refractivity contribution in [2.45, 2.75) is 19.3 Å². The summed E-state index contributed by atoms with van der Waals surface area (Å²) in [6.45, 7) is 4.62. The predicted molar refractivity (Wildman–Crippen MR) is 172 cm³/mol. The second-order valence-electron chi connectivity index (χ2n) is 11.4. The Kier molecular flexibility index (Phi) is 4.55. The van der Waals surface area contributed by atoms with Crippen molar-refractivity contribution >= 4 is 53.3 Å². The minimum atomic E-state index is -0.254. The first kappa shape index (κ1) is 23.0. The van der Waals surface area contributed by atoms with Gasteiger partial charge in [0.1, 0.15) is 5.82 Å². The van der Waals surface area contributed by atoms with Crippen molar-refractivity contribution in [3.8, 4) is 28.5 Å². The van der Waals surface area contributed by atoms with E-state index in [1.807, 2.05) is 17.4 Å². The minimum Gasteiger partial charge on any atom is -0.293 e. The topological polar surface area (TPSA) is 30.7 Å². The number of hydrogen-bond donors (Lipinski definition) is 0. The average Bonchev–Trinajstić information content (AvgIpc) is 3.62. The first-order valence-electron chi connectivity index (χ1n) is 14.0. The fraction of sp³-hybridized carbons (Fsp3) is 0.0811. The number of thiophene rings is 1. The molecule has 0 radical (unpaired) electrons. The summed E-state index contributed by atoms with van der Waals surface area (Å²) in [6.07, 6.45) is 0. The van der Waals surface area contributed by atoms with E-state index >= 15 is 0 Å². The van der Waals surface area contributed by atoms with Crippen LogP contribution in [0.25, 0.3) is 70.4 Å². The van der Waals surface area contributed by atoms with Gasteiger partial charge in [-0.2, -0.15) is 0 Å². The Hall–Kier alpha value is -4.80. The van der Waals surface area contributed by atoms with E-state index in [0.717, 1.165) is 28.4 Å². The van der Waals surface area contributed by atoms with Crippen LogP contribution in [0, 0.1) is 0 Å². The molecule has 0 fully saturated rings. The second-order valence-corrected chi connectivity index (χ2v) is 12.5. The van der Waals surface area contributed by atoms with Crippen molar-refractivity contribution in [1.82, 2.24) is 14.5 Å². The molecular weight excluding hydrogens is 518 g/mol. The number of rotatable bonds is 2. The average molecular weight is 544 g/mol. The van der Waals surface area contributed by atoms with E-state index in [9.17, 15) is 0 Å². The summed E-state index contributed by atoms with van der Waals surface area (Å²) in [6, 6.07) is 41.3. The molecule has 3 nitrogen and oxygen atoms in total. The highest BCUT2D eigenvalue weighted by Crippen LogP contribution is 2.51. The molecule has 1 aliphatic rings. The van der Waals surface area contributed by atoms with Gasteiger partial charge in [-0.05, 0) is 29.8 Å². The maximum Gasteiger partial charge on any atom is 0.162 e. The number of para-hydroxylation sites is 1. The molecule has 1 aliphatic carbocycles. The Morgan fingerprint density at radius 2 is 1.34 bits per heavy atom. The van der Waals surface area contributed by atoms with Gasteiger partial charge in [-0.1, -0.05) is 105 Å². The van der Waals surface area contributed by atoms with Gasteiger partial charge >= 0.3 is 0 Å². The molecular formula is C37H25N3S. The van der Waals surface area contributed by atoms with Gasteiger partial charge in [0.25, 0.3) is 0 Å². The van der Waals surface area contributed by atoms with Gasteiger partial charge in [-0.15, -0.1) is 11.3 Å². The molecule has 0 bridgehead atoms. The van der Waals surface area contributed by atoms with E-state index in [4.69, 9.17) is 9.97 Å². The van der Waals surface area contributed by atoms with Crippen LogP contribution in [-0.2, 0) is 5.41 Å². The molecule has 0 amide bonds. The summed E-state index contributed by atoms with van der Waals surface area (Å²) in [5.74, 6) is 1.71. The van der Waals surface area contributed by atoms with Gasteiger partial charge in [-0.3, -0.25) is 4.57 Å². The van der Waals surface area contributed by atoms with Crippen LogP contribution >= 0.6 is 11.3 Å². The van der Waals surface area contributed by atoms with E-state index in [2.05, 4.69) is 128 Å². The molecule has 0 atom stereocenters. The molecule has 8 aromatic rings. The summed E-state index contributed by atoms with van der Waals surface area (Å²) in [5, 5.41) is 5.11. The highest BCUT2D eigenvalue weighted by Gasteiger charge is 2.40. The van der Waals surface area contributed by atoms with Crippen LogP contribution in [0.1, 0.15) is 25.0 Å². The van der Waals surface area contributed by atoms with Crippen molar-refractivity contribution in [2.24, 2.45) is 0 Å². The van der Waals surface area contributed by atoms with Crippen LogP contribution in [0.5, 0.6) is 0 Å². The van der Waals surface area contributed by atoms with Gasteiger partial charge in [-0.25, -0.2) is 9.97 Å². The SMILES string of the molecule is CC1(C)c2ccccc2-c2nc(-c3ccccc3)nc(-n3c4ccccc4c4cc5c(cc43)sc3ccccc35)c21. The van der Waals surface area contributed by atoms with Gasteiger partial charge in [0.05, 0.1) is 16.7 Å². The molecule has 0 saturated heterocycles. The molecule has 5 aromatic carbocycles. The van der Waals surface area contributed by atoms with E-state index in [0.29, 0.717) is 0 Å². The number of aromatic nitrogens is 3. The van der Waals surface area contributed by atoms with Gasteiger partial charge in [0.2, 0.25) is 0 Å². The number of nitrogens with zero attached hydrogens (tertiary/aromatic N) is 3. The van der Waals surface area contributed by atoms with Crippen molar-refractivity contribution in [1.29, 1.82) is 0 Å². The minimum absolute atomic E-state index is 0.254. The van der Waals surface area contributed by atoms with Gasteiger partial charge in [0.15, 0.2) is 5.82 Å². The Labute approximate surface area is 241 Å². The van der Waals surface area contributed by atoms with Crippen LogP contribution < -0.4 is 0 Å². The van der Waals surface area contributed by atoms with Crippen molar-refractivity contribution in [3.63, 3.8) is 0 Å². The third-order valence-corrected chi connectivity index (χ3v) is 9.92. The van der Waals surface area contributed by atoms with Crippen molar-refractivity contribution in [3.05, 3.63) is 126 Å². The Morgan fingerprint density at radius 1 is 0.610 bits per heavy atom. The highest BCUT2D eigenvalue weighted by molar-refractivity contribution is 7.25. The van der Waals surface area contributed by atoms with E-state index < -0.39 is 0 Å². The van der Waals surface area contributed by atoms with E-state index in [1.54, 1.807) is 0 Å². The molecule has 3 heterocycles. The molecule has 0 aliphatic heterocycles. The number of fused-ring (bicyclic) bond motifs is 9. The standard InChI is InChI=1S/C37H25N3S/c1-37(2)28-17-9-6-16-25(28)34-33(37)36(39-35(38-34)22-12-4-3-5-13-22)40-29-18-10-7-14-23(29)26-20-27-24-15-8-11-19-31(24)41-32(27)21-30(26)40/h3-21H,1-2H3. The molecule has 0 saturated carbocycles. The second kappa shape index (κ2) is 8.12. The monoisotopic (exact) mass is 543 g/mol. The lowest BCUT2D eigenvalue weighted by Crippen LogP contribution is -2.19. The third-order valence-electron chi connectivity index (χ3n) is 8.79. The van der Waals surface area contributed by atoms with Crippen LogP contribution in [0.3, 0.4) is 0 Å². The third kappa shape index (κ3) is 3.08. The smallest absolute Gasteiger partial charge is 0.162 e. The molecule has 3 aromatic heterocycles. The van der Waals surface area contributed by atoms with Gasteiger partial charge < -0.3 is 0 Å². The lowest BCUT2D eigenvalue weighted by molar-refractivity contribution is 0.650. The zero-order valence-electron chi connectivity index (χ0n) is 22.7. The lowest BCUT2D eigenvalue weighted by Gasteiger charge is -2.24. The Bertz CT molecular complexity index is 2340. The Balaban J connectivity index is 1.46. The van der Waals surface area contributed by atoms with Gasteiger partial charge in [0, 0.05) is 53.1 Å². The quantitative estimate of drug-likeness (QED) is 0.217. The fourth-order valence-electron chi connectivity index (χ4n) is 6.88. The van der Waals surface area contributed by atoms with Crippen LogP contribution in [0.2, 0.25) is 0 Å². The molecule has 0 unspecified atom stereocenters. The fourth-order valence-corrected chi connectivity index (χ4v) is 8.00. The maximum absolute atomic E-state index is 5.41. The molecule has 9 rings (SSSR count). The molecule has 4 heteroatoms. The van der Waals surface area contributed by atoms with Crippen LogP contribution in [0.4, 0.5) is 0 Å². The first-order valence-corrected chi connectivity index (χ1v) is 14.8. The predicted octanol–water partition coefficient (Wildman–Crippen LogP) is 9.91. The summed E-state index contributed by atoms with van der Waals surface area (Å²) >= 11 is 1.86. The van der Waals surface area contributed by atoms with E-state index in [1.165, 1.54) is 53.2 Å². The number of benzene rings is 5. The summed E-state index contributed by atoms with van der Waals surface area (Å²) in [7, 11) is 0.